The number of aromatic nitrogens is 2. The molecule has 4 N–H and O–H groups in total. The summed E-state index contributed by atoms with van der Waals surface area (Å²) in [5, 5.41) is 3.07. The van der Waals surface area contributed by atoms with Gasteiger partial charge in [-0.15, -0.1) is 0 Å². The van der Waals surface area contributed by atoms with Crippen molar-refractivity contribution in [1.82, 2.24) is 9.97 Å². The van der Waals surface area contributed by atoms with E-state index < -0.39 is 0 Å². The van der Waals surface area contributed by atoms with Gasteiger partial charge in [0.05, 0.1) is 6.33 Å². The summed E-state index contributed by atoms with van der Waals surface area (Å²) in [7, 11) is 0. The minimum Gasteiger partial charge on any atom is -0.391 e. The summed E-state index contributed by atoms with van der Waals surface area (Å²) in [6.07, 6.45) is 3.47. The van der Waals surface area contributed by atoms with Gasteiger partial charge < -0.3 is 20.8 Å². The fourth-order valence-corrected chi connectivity index (χ4v) is 1.76. The number of nitrogens with one attached hydrogen (secondary N) is 2. The molecule has 1 aliphatic rings. The largest absolute Gasteiger partial charge is 0.391 e. The van der Waals surface area contributed by atoms with E-state index in [1.165, 1.54) is 6.33 Å². The Bertz CT molecular complexity index is 398. The quantitative estimate of drug-likeness (QED) is 0.679. The lowest BCUT2D eigenvalue weighted by molar-refractivity contribution is 0.185. The summed E-state index contributed by atoms with van der Waals surface area (Å²) >= 11 is 0. The molecule has 1 aromatic heterocycles. The van der Waals surface area contributed by atoms with Crippen molar-refractivity contribution in [3.63, 3.8) is 0 Å². The van der Waals surface area contributed by atoms with E-state index in [9.17, 15) is 4.79 Å². The first-order valence-corrected chi connectivity index (χ1v) is 5.42. The summed E-state index contributed by atoms with van der Waals surface area (Å²) in [4.78, 5) is 17.6. The van der Waals surface area contributed by atoms with E-state index in [0.717, 1.165) is 32.6 Å². The zero-order valence-corrected chi connectivity index (χ0v) is 9.03. The first kappa shape index (κ1) is 10.9. The maximum atomic E-state index is 11.2. The average Bonchev–Trinajstić information content (AvgIpc) is 2.77. The molecule has 88 valence electrons. The second-order valence-electron chi connectivity index (χ2n) is 3.94. The zero-order valence-electron chi connectivity index (χ0n) is 9.03. The van der Waals surface area contributed by atoms with Crippen molar-refractivity contribution in [2.45, 2.75) is 12.8 Å². The van der Waals surface area contributed by atoms with E-state index in [1.807, 2.05) is 0 Å². The van der Waals surface area contributed by atoms with Gasteiger partial charge in [0.25, 0.3) is 5.56 Å². The summed E-state index contributed by atoms with van der Waals surface area (Å²) in [6.45, 7) is 2.45. The lowest BCUT2D eigenvalue weighted by Gasteiger charge is -2.09. The molecule has 1 unspecified atom stereocenters. The Hall–Kier alpha value is -1.56. The maximum Gasteiger partial charge on any atom is 0.276 e. The number of H-pyrrole nitrogens is 1. The SMILES string of the molecule is Nc1c(NCCC2CCOC2)nc[nH]c1=O. The highest BCUT2D eigenvalue weighted by atomic mass is 16.5. The van der Waals surface area contributed by atoms with Crippen molar-refractivity contribution in [2.24, 2.45) is 5.92 Å². The van der Waals surface area contributed by atoms with E-state index >= 15 is 0 Å². The van der Waals surface area contributed by atoms with Crippen LogP contribution in [0.5, 0.6) is 0 Å². The van der Waals surface area contributed by atoms with E-state index in [1.54, 1.807) is 0 Å². The predicted molar refractivity (Wildman–Crippen MR) is 61.3 cm³/mol. The normalized spacial score (nSPS) is 19.9. The third kappa shape index (κ3) is 2.52. The molecular formula is C10H16N4O2. The third-order valence-corrected chi connectivity index (χ3v) is 2.76. The van der Waals surface area contributed by atoms with Gasteiger partial charge in [0.2, 0.25) is 0 Å². The number of ether oxygens (including phenoxy) is 1. The number of nitrogen functional groups attached to an aromatic ring is 1. The highest BCUT2D eigenvalue weighted by Gasteiger charge is 2.15. The molecule has 0 spiro atoms. The fourth-order valence-electron chi connectivity index (χ4n) is 1.76. The van der Waals surface area contributed by atoms with Crippen LogP contribution in [0.4, 0.5) is 11.5 Å². The maximum absolute atomic E-state index is 11.2. The van der Waals surface area contributed by atoms with E-state index in [0.29, 0.717) is 11.7 Å². The number of nitrogens with zero attached hydrogens (tertiary/aromatic N) is 1. The molecule has 6 heteroatoms. The molecule has 0 bridgehead atoms. The predicted octanol–water partition coefficient (Wildman–Crippen LogP) is 0.191. The average molecular weight is 224 g/mol. The molecule has 2 rings (SSSR count). The third-order valence-electron chi connectivity index (χ3n) is 2.76. The smallest absolute Gasteiger partial charge is 0.276 e. The van der Waals surface area contributed by atoms with Crippen molar-refractivity contribution in [1.29, 1.82) is 0 Å². The summed E-state index contributed by atoms with van der Waals surface area (Å²) in [5.74, 6) is 1.07. The number of nitrogens with two attached hydrogens (primary N) is 1. The zero-order chi connectivity index (χ0) is 11.4. The van der Waals surface area contributed by atoms with Gasteiger partial charge in [0.1, 0.15) is 5.69 Å². The molecule has 6 nitrogen and oxygen atoms in total. The first-order chi connectivity index (χ1) is 7.77. The van der Waals surface area contributed by atoms with E-state index in [2.05, 4.69) is 15.3 Å². The van der Waals surface area contributed by atoms with Gasteiger partial charge in [0.15, 0.2) is 5.82 Å². The Morgan fingerprint density at radius 1 is 1.69 bits per heavy atom. The van der Waals surface area contributed by atoms with Crippen molar-refractivity contribution in [3.8, 4) is 0 Å². The van der Waals surface area contributed by atoms with Crippen LogP contribution in [-0.4, -0.2) is 29.7 Å². The van der Waals surface area contributed by atoms with Crippen LogP contribution in [0.25, 0.3) is 0 Å². The van der Waals surface area contributed by atoms with Crippen LogP contribution >= 0.6 is 0 Å². The molecular weight excluding hydrogens is 208 g/mol. The van der Waals surface area contributed by atoms with Crippen molar-refractivity contribution in [3.05, 3.63) is 16.7 Å². The Balaban J connectivity index is 1.84. The summed E-state index contributed by atoms with van der Waals surface area (Å²) in [5.41, 5.74) is 5.42. The minimum absolute atomic E-state index is 0.144. The molecule has 0 aliphatic carbocycles. The van der Waals surface area contributed by atoms with E-state index in [4.69, 9.17) is 10.5 Å². The molecule has 2 heterocycles. The highest BCUT2D eigenvalue weighted by Crippen LogP contribution is 2.16. The summed E-state index contributed by atoms with van der Waals surface area (Å²) < 4.78 is 5.28. The Kier molecular flexibility index (Phi) is 3.40. The Morgan fingerprint density at radius 3 is 3.31 bits per heavy atom. The van der Waals surface area contributed by atoms with E-state index in [-0.39, 0.29) is 11.2 Å². The van der Waals surface area contributed by atoms with Gasteiger partial charge in [-0.25, -0.2) is 4.98 Å². The van der Waals surface area contributed by atoms with Crippen LogP contribution in [0, 0.1) is 5.92 Å². The second-order valence-corrected chi connectivity index (χ2v) is 3.94. The highest BCUT2D eigenvalue weighted by molar-refractivity contribution is 5.58. The molecule has 1 aromatic rings. The molecule has 1 atom stereocenters. The molecule has 0 aromatic carbocycles. The van der Waals surface area contributed by atoms with Crippen LogP contribution in [0.2, 0.25) is 0 Å². The van der Waals surface area contributed by atoms with Gasteiger partial charge in [-0.1, -0.05) is 0 Å². The first-order valence-electron chi connectivity index (χ1n) is 5.42. The summed E-state index contributed by atoms with van der Waals surface area (Å²) in [6, 6.07) is 0. The topological polar surface area (TPSA) is 93.0 Å². The standard InChI is InChI=1S/C10H16N4O2/c11-8-9(13-6-14-10(8)15)12-3-1-7-2-4-16-5-7/h6-7H,1-5,11H2,(H2,12,13,14,15). The monoisotopic (exact) mass is 224 g/mol. The van der Waals surface area contributed by atoms with Crippen LogP contribution in [-0.2, 0) is 4.74 Å². The molecule has 0 radical (unpaired) electrons. The number of hydrogen-bond acceptors (Lipinski definition) is 5. The van der Waals surface area contributed by atoms with Gasteiger partial charge in [-0.2, -0.15) is 0 Å². The fraction of sp³-hybridized carbons (Fsp3) is 0.600. The molecule has 1 fully saturated rings. The molecule has 0 saturated carbocycles. The van der Waals surface area contributed by atoms with Crippen LogP contribution in [0.15, 0.2) is 11.1 Å². The van der Waals surface area contributed by atoms with Gasteiger partial charge in [0, 0.05) is 19.8 Å². The molecule has 1 aliphatic heterocycles. The molecule has 1 saturated heterocycles. The Morgan fingerprint density at radius 2 is 2.56 bits per heavy atom. The van der Waals surface area contributed by atoms with Crippen LogP contribution in [0.3, 0.4) is 0 Å². The number of hydrogen-bond donors (Lipinski definition) is 3. The minimum atomic E-state index is -0.304. The Labute approximate surface area is 93.2 Å². The molecule has 16 heavy (non-hydrogen) atoms. The van der Waals surface area contributed by atoms with Crippen LogP contribution < -0.4 is 16.6 Å². The number of anilines is 2. The number of aromatic amines is 1. The van der Waals surface area contributed by atoms with Crippen molar-refractivity contribution >= 4 is 11.5 Å². The van der Waals surface area contributed by atoms with Gasteiger partial charge >= 0.3 is 0 Å². The van der Waals surface area contributed by atoms with Crippen LogP contribution in [0.1, 0.15) is 12.8 Å². The lowest BCUT2D eigenvalue weighted by Crippen LogP contribution is -2.17. The van der Waals surface area contributed by atoms with Gasteiger partial charge in [-0.3, -0.25) is 4.79 Å². The molecule has 0 amide bonds. The van der Waals surface area contributed by atoms with Crippen molar-refractivity contribution < 1.29 is 4.74 Å². The van der Waals surface area contributed by atoms with Crippen molar-refractivity contribution in [2.75, 3.05) is 30.8 Å². The lowest BCUT2D eigenvalue weighted by atomic mass is 10.1. The second kappa shape index (κ2) is 4.98. The number of rotatable bonds is 4. The van der Waals surface area contributed by atoms with Gasteiger partial charge in [-0.05, 0) is 18.8 Å².